The summed E-state index contributed by atoms with van der Waals surface area (Å²) in [6, 6.07) is 9.73. The zero-order chi connectivity index (χ0) is 18.7. The van der Waals surface area contributed by atoms with Gasteiger partial charge in [0.25, 0.3) is 0 Å². The van der Waals surface area contributed by atoms with E-state index in [-0.39, 0.29) is 18.3 Å². The number of rotatable bonds is 9. The Bertz CT molecular complexity index is 625. The van der Waals surface area contributed by atoms with Crippen molar-refractivity contribution in [2.75, 3.05) is 13.7 Å². The molecule has 0 aromatic heterocycles. The molecule has 0 spiro atoms. The van der Waals surface area contributed by atoms with Gasteiger partial charge in [-0.1, -0.05) is 30.3 Å². The Morgan fingerprint density at radius 2 is 1.96 bits per heavy atom. The summed E-state index contributed by atoms with van der Waals surface area (Å²) in [6.07, 6.45) is 3.49. The van der Waals surface area contributed by atoms with Crippen LogP contribution in [0, 0.1) is 0 Å². The van der Waals surface area contributed by atoms with Crippen molar-refractivity contribution in [3.05, 3.63) is 65.1 Å². The topological polar surface area (TPSA) is 55.8 Å². The highest BCUT2D eigenvalue weighted by Crippen LogP contribution is 2.27. The number of esters is 1. The third kappa shape index (κ3) is 7.88. The second-order valence-corrected chi connectivity index (χ2v) is 5.84. The third-order valence-electron chi connectivity index (χ3n) is 3.95. The molecule has 1 rings (SSSR count). The fraction of sp³-hybridized carbons (Fsp3) is 0.429. The molecule has 0 aliphatic heterocycles. The van der Waals surface area contributed by atoms with Gasteiger partial charge in [-0.05, 0) is 56.4 Å². The number of benzene rings is 1. The first-order chi connectivity index (χ1) is 12.0. The van der Waals surface area contributed by atoms with Gasteiger partial charge >= 0.3 is 5.97 Å². The van der Waals surface area contributed by atoms with Gasteiger partial charge in [0.2, 0.25) is 0 Å². The van der Waals surface area contributed by atoms with Gasteiger partial charge in [-0.25, -0.2) is 0 Å². The molecule has 136 valence electrons. The highest BCUT2D eigenvalue weighted by atomic mass is 16.5. The third-order valence-corrected chi connectivity index (χ3v) is 3.95. The van der Waals surface area contributed by atoms with Gasteiger partial charge in [-0.2, -0.15) is 0 Å². The van der Waals surface area contributed by atoms with Crippen LogP contribution in [0.25, 0.3) is 0 Å². The highest BCUT2D eigenvalue weighted by molar-refractivity contribution is 5.70. The van der Waals surface area contributed by atoms with Gasteiger partial charge in [0.15, 0.2) is 0 Å². The Kier molecular flexibility index (Phi) is 9.38. The molecule has 2 atom stereocenters. The molecule has 0 fully saturated rings. The van der Waals surface area contributed by atoms with Gasteiger partial charge in [0.1, 0.15) is 0 Å². The van der Waals surface area contributed by atoms with Gasteiger partial charge in [0.05, 0.1) is 32.0 Å². The summed E-state index contributed by atoms with van der Waals surface area (Å²) in [5, 5.41) is 10.5. The van der Waals surface area contributed by atoms with Gasteiger partial charge in [-0.3, -0.25) is 4.79 Å². The van der Waals surface area contributed by atoms with E-state index in [9.17, 15) is 9.90 Å². The summed E-state index contributed by atoms with van der Waals surface area (Å²) in [5.41, 5.74) is 4.78. The average molecular weight is 344 g/mol. The predicted octanol–water partition coefficient (Wildman–Crippen LogP) is 4.13. The lowest BCUT2D eigenvalue weighted by Crippen LogP contribution is -2.17. The molecule has 1 N–H and O–H groups in total. The van der Waals surface area contributed by atoms with E-state index in [2.05, 4.69) is 5.73 Å². The molecule has 0 heterocycles. The number of carbonyl (C=O) groups excluding carboxylic acids is 1. The van der Waals surface area contributed by atoms with Crippen LogP contribution in [0.1, 0.15) is 45.1 Å². The molecule has 0 saturated carbocycles. The Morgan fingerprint density at radius 3 is 2.56 bits per heavy atom. The lowest BCUT2D eigenvalue weighted by molar-refractivity contribution is -0.143. The number of allylic oxidation sites excluding steroid dienone is 2. The molecule has 1 aromatic rings. The van der Waals surface area contributed by atoms with Crippen LogP contribution in [0.5, 0.6) is 0 Å². The largest absolute Gasteiger partial charge is 0.501 e. The number of hydrogen-bond acceptors (Lipinski definition) is 4. The number of methoxy groups -OCH3 is 1. The van der Waals surface area contributed by atoms with Crippen LogP contribution in [-0.4, -0.2) is 30.9 Å². The number of aliphatic hydroxyl groups excluding tert-OH is 1. The van der Waals surface area contributed by atoms with E-state index in [4.69, 9.17) is 9.47 Å². The minimum absolute atomic E-state index is 0.108. The molecule has 0 radical (unpaired) electrons. The molecule has 0 aliphatic rings. The fourth-order valence-electron chi connectivity index (χ4n) is 2.38. The normalized spacial score (nSPS) is 13.4. The van der Waals surface area contributed by atoms with Gasteiger partial charge in [0, 0.05) is 0 Å². The summed E-state index contributed by atoms with van der Waals surface area (Å²) in [6.45, 7) is 5.81. The highest BCUT2D eigenvalue weighted by Gasteiger charge is 2.21. The van der Waals surface area contributed by atoms with Crippen LogP contribution in [0.15, 0.2) is 59.5 Å². The Hall–Kier alpha value is -2.29. The van der Waals surface area contributed by atoms with Crippen LogP contribution in [0.3, 0.4) is 0 Å². The molecule has 0 bridgehead atoms. The summed E-state index contributed by atoms with van der Waals surface area (Å²) in [4.78, 5) is 11.9. The number of ether oxygens (including phenoxy) is 2. The van der Waals surface area contributed by atoms with E-state index in [1.54, 1.807) is 26.2 Å². The number of aliphatic hydroxyl groups is 1. The second kappa shape index (κ2) is 11.3. The quantitative estimate of drug-likeness (QED) is 0.317. The monoisotopic (exact) mass is 344 g/mol. The first-order valence-corrected chi connectivity index (χ1v) is 8.50. The van der Waals surface area contributed by atoms with Crippen molar-refractivity contribution < 1.29 is 19.4 Å². The van der Waals surface area contributed by atoms with Crippen molar-refractivity contribution in [3.8, 4) is 0 Å². The lowest BCUT2D eigenvalue weighted by atomic mass is 9.88. The van der Waals surface area contributed by atoms with Gasteiger partial charge < -0.3 is 14.6 Å². The lowest BCUT2D eigenvalue weighted by Gasteiger charge is -2.20. The SMILES string of the molecule is CCOC(=O)CC(CC(O)C(C)=C=CC=C(C)OC)c1ccccc1. The Balaban J connectivity index is 2.89. The molecular weight excluding hydrogens is 316 g/mol. The van der Waals surface area contributed by atoms with Crippen molar-refractivity contribution in [2.24, 2.45) is 0 Å². The summed E-state index contributed by atoms with van der Waals surface area (Å²) in [7, 11) is 1.60. The molecule has 4 nitrogen and oxygen atoms in total. The van der Waals surface area contributed by atoms with Crippen LogP contribution in [0.4, 0.5) is 0 Å². The summed E-state index contributed by atoms with van der Waals surface area (Å²) in [5.74, 6) is 0.405. The molecule has 0 amide bonds. The molecule has 1 aromatic carbocycles. The van der Waals surface area contributed by atoms with E-state index < -0.39 is 6.10 Å². The first kappa shape index (κ1) is 20.8. The zero-order valence-corrected chi connectivity index (χ0v) is 15.5. The van der Waals surface area contributed by atoms with Gasteiger partial charge in [-0.15, -0.1) is 5.73 Å². The maximum Gasteiger partial charge on any atom is 0.306 e. The van der Waals surface area contributed by atoms with Crippen LogP contribution >= 0.6 is 0 Å². The first-order valence-electron chi connectivity index (χ1n) is 8.50. The smallest absolute Gasteiger partial charge is 0.306 e. The zero-order valence-electron chi connectivity index (χ0n) is 15.5. The van der Waals surface area contributed by atoms with Crippen molar-refractivity contribution in [3.63, 3.8) is 0 Å². The maximum atomic E-state index is 11.9. The molecule has 25 heavy (non-hydrogen) atoms. The number of carbonyl (C=O) groups is 1. The van der Waals surface area contributed by atoms with E-state index >= 15 is 0 Å². The van der Waals surface area contributed by atoms with E-state index in [0.29, 0.717) is 18.6 Å². The molecule has 0 aliphatic carbocycles. The van der Waals surface area contributed by atoms with E-state index in [1.165, 1.54) is 0 Å². The second-order valence-electron chi connectivity index (χ2n) is 5.84. The van der Waals surface area contributed by atoms with Crippen molar-refractivity contribution >= 4 is 5.97 Å². The standard InChI is InChI=1S/C21H28O4/c1-5-25-21(23)15-19(18-12-7-6-8-13-18)14-20(22)16(2)10-9-11-17(3)24-4/h6-9,11-13,19-20,22H,5,14-15H2,1-4H3. The Labute approximate surface area is 150 Å². The van der Waals surface area contributed by atoms with Crippen LogP contribution in [0.2, 0.25) is 0 Å². The molecule has 4 heteroatoms. The number of hydrogen-bond donors (Lipinski definition) is 1. The predicted molar refractivity (Wildman–Crippen MR) is 99.1 cm³/mol. The minimum atomic E-state index is -0.688. The molecule has 0 saturated heterocycles. The fourth-order valence-corrected chi connectivity index (χ4v) is 2.38. The van der Waals surface area contributed by atoms with Crippen LogP contribution < -0.4 is 0 Å². The molecule has 2 unspecified atom stereocenters. The average Bonchev–Trinajstić information content (AvgIpc) is 2.61. The molecular formula is C21H28O4. The Morgan fingerprint density at radius 1 is 1.28 bits per heavy atom. The van der Waals surface area contributed by atoms with Crippen molar-refractivity contribution in [1.29, 1.82) is 0 Å². The van der Waals surface area contributed by atoms with Crippen molar-refractivity contribution in [2.45, 2.75) is 45.6 Å². The van der Waals surface area contributed by atoms with E-state index in [1.807, 2.05) is 44.2 Å². The van der Waals surface area contributed by atoms with Crippen molar-refractivity contribution in [1.82, 2.24) is 0 Å². The summed E-state index contributed by atoms with van der Waals surface area (Å²) < 4.78 is 10.1. The van der Waals surface area contributed by atoms with E-state index in [0.717, 1.165) is 11.3 Å². The maximum absolute atomic E-state index is 11.9. The van der Waals surface area contributed by atoms with Crippen LogP contribution in [-0.2, 0) is 14.3 Å². The minimum Gasteiger partial charge on any atom is -0.501 e. The summed E-state index contributed by atoms with van der Waals surface area (Å²) >= 11 is 0.